The Hall–Kier alpha value is -0.870. The first kappa shape index (κ1) is 12.6. The molecule has 1 aliphatic rings. The molecule has 1 aromatic rings. The number of fused-ring (bicyclic) bond motifs is 1. The standard InChI is InChI=1S/C12H13ClO3S/c13-9-1-2-11-8(5-9)6-10(16-11)7-17-4-3-12(14)15/h1-2,5,10H,3-4,6-7H2,(H,14,15). The number of rotatable bonds is 5. The molecule has 17 heavy (non-hydrogen) atoms. The number of carboxylic acids is 1. The van der Waals surface area contributed by atoms with E-state index in [2.05, 4.69) is 0 Å². The predicted molar refractivity (Wildman–Crippen MR) is 69.1 cm³/mol. The highest BCUT2D eigenvalue weighted by molar-refractivity contribution is 7.99. The molecular weight excluding hydrogens is 260 g/mol. The average molecular weight is 273 g/mol. The molecule has 3 nitrogen and oxygen atoms in total. The van der Waals surface area contributed by atoms with Crippen LogP contribution in [0.2, 0.25) is 5.02 Å². The first-order valence-corrected chi connectivity index (χ1v) is 6.93. The lowest BCUT2D eigenvalue weighted by Gasteiger charge is -2.09. The van der Waals surface area contributed by atoms with E-state index < -0.39 is 5.97 Å². The van der Waals surface area contributed by atoms with Crippen LogP contribution in [0.15, 0.2) is 18.2 Å². The molecule has 0 saturated heterocycles. The van der Waals surface area contributed by atoms with Crippen molar-refractivity contribution in [1.82, 2.24) is 0 Å². The van der Waals surface area contributed by atoms with Gasteiger partial charge >= 0.3 is 5.97 Å². The molecule has 5 heteroatoms. The van der Waals surface area contributed by atoms with Crippen LogP contribution < -0.4 is 4.74 Å². The molecule has 1 N–H and O–H groups in total. The first-order chi connectivity index (χ1) is 8.15. The van der Waals surface area contributed by atoms with Crippen LogP contribution in [0.1, 0.15) is 12.0 Å². The zero-order valence-corrected chi connectivity index (χ0v) is 10.8. The molecule has 1 atom stereocenters. The molecule has 0 aliphatic carbocycles. The van der Waals surface area contributed by atoms with E-state index in [4.69, 9.17) is 21.4 Å². The van der Waals surface area contributed by atoms with E-state index in [1.54, 1.807) is 11.8 Å². The van der Waals surface area contributed by atoms with Gasteiger partial charge in [-0.15, -0.1) is 0 Å². The molecule has 1 heterocycles. The Bertz CT molecular complexity index is 422. The fourth-order valence-corrected chi connectivity index (χ4v) is 2.89. The average Bonchev–Trinajstić information content (AvgIpc) is 2.66. The van der Waals surface area contributed by atoms with Crippen LogP contribution in [-0.4, -0.2) is 28.7 Å². The number of carboxylic acid groups (broad SMARTS) is 1. The Kier molecular flexibility index (Phi) is 4.18. The number of halogens is 1. The van der Waals surface area contributed by atoms with Gasteiger partial charge in [0.25, 0.3) is 0 Å². The second-order valence-electron chi connectivity index (χ2n) is 3.91. The van der Waals surface area contributed by atoms with Crippen molar-refractivity contribution in [3.05, 3.63) is 28.8 Å². The van der Waals surface area contributed by atoms with Gasteiger partial charge in [-0.3, -0.25) is 4.79 Å². The molecule has 0 saturated carbocycles. The van der Waals surface area contributed by atoms with Crippen LogP contribution in [-0.2, 0) is 11.2 Å². The number of benzene rings is 1. The zero-order valence-electron chi connectivity index (χ0n) is 9.19. The van der Waals surface area contributed by atoms with Crippen molar-refractivity contribution in [2.75, 3.05) is 11.5 Å². The quantitative estimate of drug-likeness (QED) is 0.838. The van der Waals surface area contributed by atoms with E-state index in [1.807, 2.05) is 18.2 Å². The summed E-state index contributed by atoms with van der Waals surface area (Å²) < 4.78 is 5.74. The number of ether oxygens (including phenoxy) is 1. The number of hydrogen-bond acceptors (Lipinski definition) is 3. The van der Waals surface area contributed by atoms with Gasteiger partial charge < -0.3 is 9.84 Å². The maximum atomic E-state index is 10.4. The lowest BCUT2D eigenvalue weighted by Crippen LogP contribution is -2.16. The van der Waals surface area contributed by atoms with Crippen LogP contribution in [0.5, 0.6) is 5.75 Å². The van der Waals surface area contributed by atoms with E-state index in [0.717, 1.165) is 28.5 Å². The number of thioether (sulfide) groups is 1. The SMILES string of the molecule is O=C(O)CCSCC1Cc2cc(Cl)ccc2O1. The summed E-state index contributed by atoms with van der Waals surface area (Å²) in [5.41, 5.74) is 1.14. The highest BCUT2D eigenvalue weighted by Gasteiger charge is 2.22. The topological polar surface area (TPSA) is 46.5 Å². The predicted octanol–water partition coefficient (Wildman–Crippen LogP) is 2.85. The highest BCUT2D eigenvalue weighted by atomic mass is 35.5. The van der Waals surface area contributed by atoms with Gasteiger partial charge in [0, 0.05) is 22.9 Å². The minimum absolute atomic E-state index is 0.141. The van der Waals surface area contributed by atoms with Crippen LogP contribution in [0.3, 0.4) is 0 Å². The maximum absolute atomic E-state index is 10.4. The van der Waals surface area contributed by atoms with E-state index in [1.165, 1.54) is 0 Å². The van der Waals surface area contributed by atoms with Gasteiger partial charge in [0.1, 0.15) is 11.9 Å². The summed E-state index contributed by atoms with van der Waals surface area (Å²) >= 11 is 7.52. The monoisotopic (exact) mass is 272 g/mol. The Labute approximate surface area is 109 Å². The minimum Gasteiger partial charge on any atom is -0.489 e. The fourth-order valence-electron chi connectivity index (χ4n) is 1.76. The van der Waals surface area contributed by atoms with E-state index >= 15 is 0 Å². The van der Waals surface area contributed by atoms with Gasteiger partial charge in [0.2, 0.25) is 0 Å². The Morgan fingerprint density at radius 1 is 1.59 bits per heavy atom. The summed E-state index contributed by atoms with van der Waals surface area (Å²) in [5.74, 6) is 1.60. The van der Waals surface area contributed by atoms with Gasteiger partial charge in [-0.25, -0.2) is 0 Å². The molecule has 0 aromatic heterocycles. The molecule has 0 amide bonds. The van der Waals surface area contributed by atoms with Gasteiger partial charge in [-0.1, -0.05) is 11.6 Å². The largest absolute Gasteiger partial charge is 0.489 e. The Morgan fingerprint density at radius 3 is 3.18 bits per heavy atom. The molecule has 0 spiro atoms. The molecule has 1 aromatic carbocycles. The first-order valence-electron chi connectivity index (χ1n) is 5.40. The van der Waals surface area contributed by atoms with Crippen molar-refractivity contribution >= 4 is 29.3 Å². The van der Waals surface area contributed by atoms with Gasteiger partial charge in [0.15, 0.2) is 0 Å². The fraction of sp³-hybridized carbons (Fsp3) is 0.417. The normalized spacial score (nSPS) is 17.6. The maximum Gasteiger partial charge on any atom is 0.304 e. The van der Waals surface area contributed by atoms with Crippen LogP contribution in [0.4, 0.5) is 0 Å². The lowest BCUT2D eigenvalue weighted by atomic mass is 10.1. The van der Waals surface area contributed by atoms with E-state index in [0.29, 0.717) is 5.75 Å². The third kappa shape index (κ3) is 3.54. The van der Waals surface area contributed by atoms with E-state index in [9.17, 15) is 4.79 Å². The number of aliphatic carboxylic acids is 1. The summed E-state index contributed by atoms with van der Waals surface area (Å²) in [5, 5.41) is 9.25. The molecular formula is C12H13ClO3S. The molecule has 0 radical (unpaired) electrons. The smallest absolute Gasteiger partial charge is 0.304 e. The number of carbonyl (C=O) groups is 1. The molecule has 1 aliphatic heterocycles. The Morgan fingerprint density at radius 2 is 2.41 bits per heavy atom. The molecule has 1 unspecified atom stereocenters. The minimum atomic E-state index is -0.750. The van der Waals surface area contributed by atoms with Gasteiger partial charge in [-0.2, -0.15) is 11.8 Å². The molecule has 2 rings (SSSR count). The third-order valence-electron chi connectivity index (χ3n) is 2.53. The highest BCUT2D eigenvalue weighted by Crippen LogP contribution is 2.32. The molecule has 0 fully saturated rings. The van der Waals surface area contributed by atoms with Crippen molar-refractivity contribution in [2.45, 2.75) is 18.9 Å². The second-order valence-corrected chi connectivity index (χ2v) is 5.50. The van der Waals surface area contributed by atoms with E-state index in [-0.39, 0.29) is 12.5 Å². The van der Waals surface area contributed by atoms with Crippen molar-refractivity contribution in [3.8, 4) is 5.75 Å². The Balaban J connectivity index is 1.78. The van der Waals surface area contributed by atoms with Crippen LogP contribution in [0.25, 0.3) is 0 Å². The zero-order chi connectivity index (χ0) is 12.3. The van der Waals surface area contributed by atoms with Crippen molar-refractivity contribution in [3.63, 3.8) is 0 Å². The third-order valence-corrected chi connectivity index (χ3v) is 3.86. The summed E-state index contributed by atoms with van der Waals surface area (Å²) in [7, 11) is 0. The molecule has 92 valence electrons. The van der Waals surface area contributed by atoms with Crippen LogP contribution >= 0.6 is 23.4 Å². The van der Waals surface area contributed by atoms with Crippen molar-refractivity contribution in [1.29, 1.82) is 0 Å². The van der Waals surface area contributed by atoms with Gasteiger partial charge in [-0.05, 0) is 23.8 Å². The lowest BCUT2D eigenvalue weighted by molar-refractivity contribution is -0.136. The second kappa shape index (κ2) is 5.65. The van der Waals surface area contributed by atoms with Crippen LogP contribution in [0, 0.1) is 0 Å². The summed E-state index contributed by atoms with van der Waals surface area (Å²) in [6, 6.07) is 5.64. The van der Waals surface area contributed by atoms with Crippen molar-refractivity contribution in [2.24, 2.45) is 0 Å². The van der Waals surface area contributed by atoms with Gasteiger partial charge in [0.05, 0.1) is 6.42 Å². The summed E-state index contributed by atoms with van der Waals surface area (Å²) in [6.07, 6.45) is 1.20. The van der Waals surface area contributed by atoms with Crippen molar-refractivity contribution < 1.29 is 14.6 Å². The summed E-state index contributed by atoms with van der Waals surface area (Å²) in [4.78, 5) is 10.4. The number of hydrogen-bond donors (Lipinski definition) is 1. The molecule has 0 bridgehead atoms. The summed E-state index contributed by atoms with van der Waals surface area (Å²) in [6.45, 7) is 0.